The Balaban J connectivity index is 1.85. The van der Waals surface area contributed by atoms with Crippen LogP contribution in [0.2, 0.25) is 10.0 Å². The normalized spacial score (nSPS) is 12.3. The number of rotatable bonds is 13. The number of carbonyl (C=O) groups excluding carboxylic acids is 2. The summed E-state index contributed by atoms with van der Waals surface area (Å²) in [4.78, 5) is 29.1. The lowest BCUT2D eigenvalue weighted by molar-refractivity contribution is -0.140. The highest BCUT2D eigenvalue weighted by atomic mass is 35.5. The molecule has 2 amide bonds. The molecule has 0 saturated heterocycles. The number of alkyl halides is 3. The van der Waals surface area contributed by atoms with E-state index in [2.05, 4.69) is 5.32 Å². The SMILES string of the molecule is CCCNC(=O)C(Cc1ccccc1)N(Cc1cccc(Cl)c1)C(=O)CN(c1ccc(Cl)c(C(F)(F)F)c1)S(=O)(=O)c1ccccc1. The van der Waals surface area contributed by atoms with Gasteiger partial charge in [-0.15, -0.1) is 0 Å². The predicted octanol–water partition coefficient (Wildman–Crippen LogP) is 7.37. The zero-order valence-electron chi connectivity index (χ0n) is 25.3. The molecule has 1 N–H and O–H groups in total. The minimum absolute atomic E-state index is 0.0767. The summed E-state index contributed by atoms with van der Waals surface area (Å²) in [6, 6.07) is 24.1. The predicted molar refractivity (Wildman–Crippen MR) is 177 cm³/mol. The zero-order chi connectivity index (χ0) is 34.2. The quantitative estimate of drug-likeness (QED) is 0.157. The number of halogens is 5. The van der Waals surface area contributed by atoms with E-state index in [9.17, 15) is 31.2 Å². The van der Waals surface area contributed by atoms with E-state index in [1.807, 2.05) is 6.92 Å². The summed E-state index contributed by atoms with van der Waals surface area (Å²) in [6.07, 6.45) is -4.21. The van der Waals surface area contributed by atoms with Gasteiger partial charge in [-0.3, -0.25) is 13.9 Å². The molecule has 0 radical (unpaired) electrons. The third-order valence-corrected chi connectivity index (χ3v) is 9.57. The Morgan fingerprint density at radius 3 is 2.11 bits per heavy atom. The van der Waals surface area contributed by atoms with Crippen LogP contribution in [-0.4, -0.2) is 44.3 Å². The Bertz CT molecular complexity index is 1790. The summed E-state index contributed by atoms with van der Waals surface area (Å²) in [5.41, 5.74) is -0.421. The van der Waals surface area contributed by atoms with Crippen molar-refractivity contribution in [3.8, 4) is 0 Å². The van der Waals surface area contributed by atoms with Crippen LogP contribution < -0.4 is 9.62 Å². The molecular formula is C34H32Cl2F3N3O4S. The first-order chi connectivity index (χ1) is 22.3. The molecule has 4 aromatic carbocycles. The maximum absolute atomic E-state index is 14.4. The van der Waals surface area contributed by atoms with E-state index >= 15 is 0 Å². The van der Waals surface area contributed by atoms with Gasteiger partial charge < -0.3 is 10.2 Å². The van der Waals surface area contributed by atoms with E-state index in [1.54, 1.807) is 60.7 Å². The molecule has 4 aromatic rings. The van der Waals surface area contributed by atoms with Crippen LogP contribution in [0.15, 0.2) is 108 Å². The van der Waals surface area contributed by atoms with Gasteiger partial charge in [0.1, 0.15) is 12.6 Å². The molecule has 0 spiro atoms. The molecule has 1 unspecified atom stereocenters. The lowest BCUT2D eigenvalue weighted by Gasteiger charge is -2.34. The average molecular weight is 707 g/mol. The number of benzene rings is 4. The minimum Gasteiger partial charge on any atom is -0.354 e. The summed E-state index contributed by atoms with van der Waals surface area (Å²) < 4.78 is 70.3. The fourth-order valence-corrected chi connectivity index (χ4v) is 6.75. The smallest absolute Gasteiger partial charge is 0.354 e. The lowest BCUT2D eigenvalue weighted by Crippen LogP contribution is -2.53. The lowest BCUT2D eigenvalue weighted by atomic mass is 10.0. The summed E-state index contributed by atoms with van der Waals surface area (Å²) in [7, 11) is -4.60. The first-order valence-electron chi connectivity index (χ1n) is 14.6. The van der Waals surface area contributed by atoms with Crippen LogP contribution >= 0.6 is 23.2 Å². The molecular weight excluding hydrogens is 674 g/mol. The molecule has 0 aliphatic carbocycles. The summed E-state index contributed by atoms with van der Waals surface area (Å²) in [6.45, 7) is 1.12. The van der Waals surface area contributed by atoms with E-state index in [0.717, 1.165) is 17.7 Å². The Kier molecular flexibility index (Phi) is 11.9. The second-order valence-corrected chi connectivity index (χ2v) is 13.3. The van der Waals surface area contributed by atoms with Crippen molar-refractivity contribution >= 4 is 50.7 Å². The molecule has 1 atom stereocenters. The van der Waals surface area contributed by atoms with Crippen molar-refractivity contribution in [1.82, 2.24) is 10.2 Å². The van der Waals surface area contributed by atoms with Crippen molar-refractivity contribution in [3.63, 3.8) is 0 Å². The van der Waals surface area contributed by atoms with Crippen LogP contribution in [0.1, 0.15) is 30.0 Å². The van der Waals surface area contributed by atoms with Crippen molar-refractivity contribution in [2.75, 3.05) is 17.4 Å². The van der Waals surface area contributed by atoms with Gasteiger partial charge in [0.15, 0.2) is 0 Å². The number of amides is 2. The molecule has 0 heterocycles. The van der Waals surface area contributed by atoms with E-state index < -0.39 is 56.9 Å². The molecule has 0 aliphatic rings. The van der Waals surface area contributed by atoms with Gasteiger partial charge in [0.05, 0.1) is 21.2 Å². The Hall–Kier alpha value is -4.06. The number of carbonyl (C=O) groups is 2. The maximum atomic E-state index is 14.4. The van der Waals surface area contributed by atoms with Gasteiger partial charge >= 0.3 is 6.18 Å². The molecule has 0 saturated carbocycles. The van der Waals surface area contributed by atoms with Crippen molar-refractivity contribution in [2.45, 2.75) is 43.4 Å². The number of anilines is 1. The third kappa shape index (κ3) is 9.27. The molecule has 248 valence electrons. The average Bonchev–Trinajstić information content (AvgIpc) is 3.04. The molecule has 0 aliphatic heterocycles. The van der Waals surface area contributed by atoms with Crippen molar-refractivity contribution in [3.05, 3.63) is 130 Å². The Morgan fingerprint density at radius 1 is 0.851 bits per heavy atom. The highest BCUT2D eigenvalue weighted by molar-refractivity contribution is 7.92. The summed E-state index contributed by atoms with van der Waals surface area (Å²) in [5.74, 6) is -1.31. The van der Waals surface area contributed by atoms with Gasteiger partial charge in [-0.1, -0.05) is 90.8 Å². The van der Waals surface area contributed by atoms with Crippen LogP contribution in [0.3, 0.4) is 0 Å². The molecule has 4 rings (SSSR count). The highest BCUT2D eigenvalue weighted by Crippen LogP contribution is 2.38. The number of nitrogens with zero attached hydrogens (tertiary/aromatic N) is 2. The first-order valence-corrected chi connectivity index (χ1v) is 16.8. The second-order valence-electron chi connectivity index (χ2n) is 10.6. The Morgan fingerprint density at radius 2 is 1.49 bits per heavy atom. The van der Waals surface area contributed by atoms with E-state index in [1.165, 1.54) is 29.2 Å². The van der Waals surface area contributed by atoms with E-state index in [-0.39, 0.29) is 17.9 Å². The van der Waals surface area contributed by atoms with Crippen LogP contribution in [0.4, 0.5) is 18.9 Å². The summed E-state index contributed by atoms with van der Waals surface area (Å²) in [5, 5.41) is 2.56. The van der Waals surface area contributed by atoms with Crippen molar-refractivity contribution in [2.24, 2.45) is 0 Å². The topological polar surface area (TPSA) is 86.8 Å². The van der Waals surface area contributed by atoms with Crippen LogP contribution in [0.5, 0.6) is 0 Å². The van der Waals surface area contributed by atoms with Crippen LogP contribution in [-0.2, 0) is 38.8 Å². The molecule has 47 heavy (non-hydrogen) atoms. The van der Waals surface area contributed by atoms with Crippen molar-refractivity contribution < 1.29 is 31.2 Å². The molecule has 0 fully saturated rings. The fourth-order valence-electron chi connectivity index (χ4n) is 4.89. The van der Waals surface area contributed by atoms with Gasteiger partial charge in [-0.05, 0) is 60.0 Å². The fraction of sp³-hybridized carbons (Fsp3) is 0.235. The minimum atomic E-state index is -4.91. The van der Waals surface area contributed by atoms with Crippen molar-refractivity contribution in [1.29, 1.82) is 0 Å². The Labute approximate surface area is 282 Å². The van der Waals surface area contributed by atoms with Gasteiger partial charge in [-0.25, -0.2) is 8.42 Å². The van der Waals surface area contributed by atoms with Crippen LogP contribution in [0, 0.1) is 0 Å². The number of sulfonamides is 1. The van der Waals surface area contributed by atoms with Gasteiger partial charge in [0.2, 0.25) is 11.8 Å². The number of nitrogens with one attached hydrogen (secondary N) is 1. The van der Waals surface area contributed by atoms with Gasteiger partial charge in [-0.2, -0.15) is 13.2 Å². The standard InChI is InChI=1S/C34H32Cl2F3N3O4S/c1-2-18-40-33(44)31(20-24-10-5-3-6-11-24)41(22-25-12-9-13-26(35)19-25)32(43)23-42(47(45,46)28-14-7-4-8-15-28)27-16-17-30(36)29(21-27)34(37,38)39/h3-17,19,21,31H,2,18,20,22-23H2,1H3,(H,40,44). The number of hydrogen-bond donors (Lipinski definition) is 1. The second kappa shape index (κ2) is 15.7. The largest absolute Gasteiger partial charge is 0.417 e. The molecule has 7 nitrogen and oxygen atoms in total. The molecule has 13 heteroatoms. The van der Waals surface area contributed by atoms with E-state index in [4.69, 9.17) is 23.2 Å². The third-order valence-electron chi connectivity index (χ3n) is 7.22. The number of hydrogen-bond acceptors (Lipinski definition) is 4. The maximum Gasteiger partial charge on any atom is 0.417 e. The van der Waals surface area contributed by atoms with Crippen LogP contribution in [0.25, 0.3) is 0 Å². The van der Waals surface area contributed by atoms with Gasteiger partial charge in [0, 0.05) is 24.5 Å². The zero-order valence-corrected chi connectivity index (χ0v) is 27.6. The van der Waals surface area contributed by atoms with Gasteiger partial charge in [0.25, 0.3) is 10.0 Å². The monoisotopic (exact) mass is 705 g/mol. The molecule has 0 aromatic heterocycles. The highest BCUT2D eigenvalue weighted by Gasteiger charge is 2.37. The molecule has 0 bridgehead atoms. The first kappa shape index (κ1) is 35.8. The van der Waals surface area contributed by atoms with E-state index in [0.29, 0.717) is 33.9 Å². The summed E-state index contributed by atoms with van der Waals surface area (Å²) >= 11 is 12.1.